The second kappa shape index (κ2) is 8.22. The van der Waals surface area contributed by atoms with Gasteiger partial charge in [0.1, 0.15) is 0 Å². The van der Waals surface area contributed by atoms with Crippen LogP contribution < -0.4 is 0 Å². The van der Waals surface area contributed by atoms with Gasteiger partial charge in [-0.2, -0.15) is 0 Å². The van der Waals surface area contributed by atoms with Gasteiger partial charge in [0.15, 0.2) is 0 Å². The van der Waals surface area contributed by atoms with E-state index in [2.05, 4.69) is 47.1 Å². The third kappa shape index (κ3) is 3.95. The number of hydrogen-bond acceptors (Lipinski definition) is 2. The molecule has 1 aromatic carbocycles. The normalized spacial score (nSPS) is 30.3. The zero-order valence-electron chi connectivity index (χ0n) is 16.1. The first-order valence-corrected chi connectivity index (χ1v) is 10.9. The number of piperazine rings is 1. The Bertz CT molecular complexity index is 522. The summed E-state index contributed by atoms with van der Waals surface area (Å²) in [5.74, 6) is 1.64. The number of fused-ring (bicyclic) bond motifs is 1. The van der Waals surface area contributed by atoms with Crippen molar-refractivity contribution in [2.45, 2.75) is 76.3 Å². The Morgan fingerprint density at radius 3 is 2.52 bits per heavy atom. The lowest BCUT2D eigenvalue weighted by molar-refractivity contribution is -0.0000914. The summed E-state index contributed by atoms with van der Waals surface area (Å²) in [4.78, 5) is 5.75. The molecule has 0 spiro atoms. The molecular weight excluding hydrogens is 304 g/mol. The summed E-state index contributed by atoms with van der Waals surface area (Å²) in [5.41, 5.74) is 1.51. The average molecular weight is 341 g/mol. The van der Waals surface area contributed by atoms with Crippen molar-refractivity contribution >= 4 is 0 Å². The Morgan fingerprint density at radius 1 is 0.920 bits per heavy atom. The van der Waals surface area contributed by atoms with Gasteiger partial charge in [0, 0.05) is 25.2 Å². The maximum absolute atomic E-state index is 2.92. The lowest BCUT2D eigenvalue weighted by Crippen LogP contribution is -2.60. The van der Waals surface area contributed by atoms with E-state index in [1.54, 1.807) is 0 Å². The molecule has 2 heteroatoms. The fourth-order valence-corrected chi connectivity index (χ4v) is 5.82. The molecule has 0 bridgehead atoms. The Kier molecular flexibility index (Phi) is 5.77. The van der Waals surface area contributed by atoms with E-state index >= 15 is 0 Å². The highest BCUT2D eigenvalue weighted by atomic mass is 15.3. The van der Waals surface area contributed by atoms with E-state index in [4.69, 9.17) is 0 Å². The minimum atomic E-state index is 0.676. The van der Waals surface area contributed by atoms with Gasteiger partial charge in [-0.25, -0.2) is 0 Å². The van der Waals surface area contributed by atoms with Crippen LogP contribution in [-0.2, 0) is 0 Å². The molecule has 0 amide bonds. The van der Waals surface area contributed by atoms with Crippen LogP contribution in [0.4, 0.5) is 0 Å². The van der Waals surface area contributed by atoms with Gasteiger partial charge < -0.3 is 0 Å². The Balaban J connectivity index is 1.42. The fourth-order valence-electron chi connectivity index (χ4n) is 5.82. The summed E-state index contributed by atoms with van der Waals surface area (Å²) in [6.45, 7) is 7.69. The molecule has 138 valence electrons. The summed E-state index contributed by atoms with van der Waals surface area (Å²) in [6, 6.07) is 12.8. The van der Waals surface area contributed by atoms with Gasteiger partial charge in [-0.15, -0.1) is 0 Å². The molecule has 2 aliphatic heterocycles. The third-order valence-corrected chi connectivity index (χ3v) is 7.26. The summed E-state index contributed by atoms with van der Waals surface area (Å²) < 4.78 is 0. The molecule has 0 unspecified atom stereocenters. The van der Waals surface area contributed by atoms with Gasteiger partial charge in [0.05, 0.1) is 0 Å². The van der Waals surface area contributed by atoms with E-state index in [0.29, 0.717) is 5.92 Å². The molecule has 4 rings (SSSR count). The van der Waals surface area contributed by atoms with Gasteiger partial charge in [-0.05, 0) is 62.6 Å². The zero-order chi connectivity index (χ0) is 17.1. The lowest BCUT2D eigenvalue weighted by atomic mass is 9.78. The van der Waals surface area contributed by atoms with Crippen molar-refractivity contribution in [3.63, 3.8) is 0 Å². The Hall–Kier alpha value is -0.860. The number of hydrogen-bond donors (Lipinski definition) is 0. The highest BCUT2D eigenvalue weighted by Gasteiger charge is 2.42. The molecule has 0 aromatic heterocycles. The zero-order valence-corrected chi connectivity index (χ0v) is 16.1. The van der Waals surface area contributed by atoms with Crippen molar-refractivity contribution in [2.75, 3.05) is 26.2 Å². The average Bonchev–Trinajstić information content (AvgIpc) is 3.15. The van der Waals surface area contributed by atoms with E-state index < -0.39 is 0 Å². The van der Waals surface area contributed by atoms with E-state index in [9.17, 15) is 0 Å². The molecule has 1 saturated carbocycles. The summed E-state index contributed by atoms with van der Waals surface area (Å²) >= 11 is 0. The van der Waals surface area contributed by atoms with Gasteiger partial charge in [-0.1, -0.05) is 56.5 Å². The minimum absolute atomic E-state index is 0.676. The number of nitrogens with zero attached hydrogens (tertiary/aromatic N) is 2. The van der Waals surface area contributed by atoms with Gasteiger partial charge in [-0.3, -0.25) is 9.80 Å². The third-order valence-electron chi connectivity index (χ3n) is 7.26. The van der Waals surface area contributed by atoms with Crippen LogP contribution in [0, 0.1) is 5.92 Å². The predicted molar refractivity (Wildman–Crippen MR) is 106 cm³/mol. The molecule has 25 heavy (non-hydrogen) atoms. The molecule has 1 aliphatic carbocycles. The Labute approximate surface area is 154 Å². The summed E-state index contributed by atoms with van der Waals surface area (Å²) in [7, 11) is 0. The van der Waals surface area contributed by atoms with E-state index in [1.807, 2.05) is 0 Å². The molecule has 0 radical (unpaired) electrons. The molecule has 1 aromatic rings. The topological polar surface area (TPSA) is 6.48 Å². The van der Waals surface area contributed by atoms with Crippen molar-refractivity contribution in [3.05, 3.63) is 35.9 Å². The molecule has 3 fully saturated rings. The Morgan fingerprint density at radius 2 is 1.72 bits per heavy atom. The maximum atomic E-state index is 2.92. The van der Waals surface area contributed by atoms with Crippen LogP contribution in [0.1, 0.15) is 69.8 Å². The first-order valence-electron chi connectivity index (χ1n) is 10.9. The molecule has 2 saturated heterocycles. The van der Waals surface area contributed by atoms with Crippen LogP contribution in [0.25, 0.3) is 0 Å². The van der Waals surface area contributed by atoms with E-state index in [1.165, 1.54) is 83.1 Å². The molecule has 2 nitrogen and oxygen atoms in total. The van der Waals surface area contributed by atoms with Crippen LogP contribution in [0.5, 0.6) is 0 Å². The van der Waals surface area contributed by atoms with Crippen molar-refractivity contribution in [2.24, 2.45) is 5.92 Å². The smallest absolute Gasteiger partial charge is 0.0280 e. The molecule has 2 heterocycles. The first kappa shape index (κ1) is 17.5. The van der Waals surface area contributed by atoms with E-state index in [-0.39, 0.29) is 0 Å². The van der Waals surface area contributed by atoms with Crippen LogP contribution in [0.3, 0.4) is 0 Å². The quantitative estimate of drug-likeness (QED) is 0.751. The second-order valence-corrected chi connectivity index (χ2v) is 8.77. The lowest BCUT2D eigenvalue weighted by Gasteiger charge is -2.49. The van der Waals surface area contributed by atoms with Crippen molar-refractivity contribution < 1.29 is 0 Å². The fraction of sp³-hybridized carbons (Fsp3) is 0.739. The number of benzene rings is 1. The van der Waals surface area contributed by atoms with Crippen molar-refractivity contribution in [1.82, 2.24) is 9.80 Å². The maximum Gasteiger partial charge on any atom is 0.0280 e. The van der Waals surface area contributed by atoms with Crippen molar-refractivity contribution in [1.29, 1.82) is 0 Å². The van der Waals surface area contributed by atoms with Crippen LogP contribution in [-0.4, -0.2) is 48.1 Å². The molecule has 3 aliphatic rings. The van der Waals surface area contributed by atoms with E-state index in [0.717, 1.165) is 18.0 Å². The van der Waals surface area contributed by atoms with Gasteiger partial charge >= 0.3 is 0 Å². The minimum Gasteiger partial charge on any atom is -0.298 e. The molecule has 3 atom stereocenters. The predicted octanol–water partition coefficient (Wildman–Crippen LogP) is 4.91. The summed E-state index contributed by atoms with van der Waals surface area (Å²) in [5, 5.41) is 0. The highest BCUT2D eigenvalue weighted by Crippen LogP contribution is 2.37. The van der Waals surface area contributed by atoms with Crippen LogP contribution in [0.2, 0.25) is 0 Å². The van der Waals surface area contributed by atoms with Gasteiger partial charge in [0.25, 0.3) is 0 Å². The van der Waals surface area contributed by atoms with Crippen LogP contribution >= 0.6 is 0 Å². The largest absolute Gasteiger partial charge is 0.298 e. The van der Waals surface area contributed by atoms with Crippen molar-refractivity contribution in [3.8, 4) is 0 Å². The number of rotatable bonds is 5. The van der Waals surface area contributed by atoms with Crippen LogP contribution in [0.15, 0.2) is 30.3 Å². The highest BCUT2D eigenvalue weighted by molar-refractivity contribution is 5.18. The second-order valence-electron chi connectivity index (χ2n) is 8.77. The monoisotopic (exact) mass is 340 g/mol. The molecule has 0 N–H and O–H groups in total. The first-order chi connectivity index (χ1) is 12.3. The summed E-state index contributed by atoms with van der Waals surface area (Å²) in [6.07, 6.45) is 11.6. The SMILES string of the molecule is C[C@H](CCN1CCN2CCC[C@H]2[C@H]1C1CCCCC1)c1ccccc1. The molecular formula is C23H36N2. The van der Waals surface area contributed by atoms with Gasteiger partial charge in [0.2, 0.25) is 0 Å². The standard InChI is InChI=1S/C23H36N2/c1-19(20-9-4-2-5-10-20)14-16-25-18-17-24-15-8-13-22(24)23(25)21-11-6-3-7-12-21/h2,4-5,9-10,19,21-23H,3,6-8,11-18H2,1H3/t19-,22+,23-/m1/s1.